The van der Waals surface area contributed by atoms with E-state index < -0.39 is 19.9 Å². The van der Waals surface area contributed by atoms with E-state index in [1.807, 2.05) is 60.7 Å². The van der Waals surface area contributed by atoms with E-state index in [4.69, 9.17) is 0 Å². The molecule has 0 fully saturated rings. The monoisotopic (exact) mass is 493 g/mol. The molecule has 152 valence electrons. The Morgan fingerprint density at radius 3 is 1.83 bits per heavy atom. The maximum absolute atomic E-state index is 13.0. The highest BCUT2D eigenvalue weighted by Gasteiger charge is 2.23. The van der Waals surface area contributed by atoms with Crippen molar-refractivity contribution in [3.63, 3.8) is 0 Å². The van der Waals surface area contributed by atoms with Crippen LogP contribution in [0.2, 0.25) is 0 Å². The molecule has 0 spiro atoms. The second-order valence-electron chi connectivity index (χ2n) is 6.59. The summed E-state index contributed by atoms with van der Waals surface area (Å²) in [5.74, 6) is -0.191. The molecule has 0 atom stereocenters. The van der Waals surface area contributed by atoms with Crippen molar-refractivity contribution in [1.29, 1.82) is 0 Å². The van der Waals surface area contributed by atoms with Crippen molar-refractivity contribution in [1.82, 2.24) is 4.72 Å². The number of rotatable bonds is 7. The predicted octanol–water partition coefficient (Wildman–Crippen LogP) is 3.96. The first kappa shape index (κ1) is 21.7. The third-order valence-corrected chi connectivity index (χ3v) is 8.03. The van der Waals surface area contributed by atoms with Gasteiger partial charge in [0, 0.05) is 23.2 Å². The van der Waals surface area contributed by atoms with Crippen LogP contribution in [0.15, 0.2) is 93.1 Å². The standard InChI is InChI=1S/C21H20BrNO4S2/c1-28(24,25)18-12-13-20(22)21(14-18)29(26,27)23-15-19(16-8-4-2-5-9-16)17-10-6-3-7-11-17/h2-14,19,23H,15H2,1H3. The van der Waals surface area contributed by atoms with Gasteiger partial charge in [0.1, 0.15) is 0 Å². The lowest BCUT2D eigenvalue weighted by molar-refractivity contribution is 0.576. The third-order valence-electron chi connectivity index (χ3n) is 4.50. The lowest BCUT2D eigenvalue weighted by atomic mass is 9.92. The van der Waals surface area contributed by atoms with Gasteiger partial charge < -0.3 is 0 Å². The van der Waals surface area contributed by atoms with Crippen LogP contribution in [0.4, 0.5) is 0 Å². The molecule has 0 radical (unpaired) electrons. The minimum Gasteiger partial charge on any atom is -0.224 e. The Hall–Kier alpha value is -2.00. The average molecular weight is 494 g/mol. The van der Waals surface area contributed by atoms with E-state index in [9.17, 15) is 16.8 Å². The van der Waals surface area contributed by atoms with E-state index in [1.54, 1.807) is 0 Å². The van der Waals surface area contributed by atoms with Crippen LogP contribution in [-0.4, -0.2) is 29.6 Å². The summed E-state index contributed by atoms with van der Waals surface area (Å²) in [6.45, 7) is 0.131. The zero-order valence-electron chi connectivity index (χ0n) is 15.6. The van der Waals surface area contributed by atoms with Crippen molar-refractivity contribution >= 4 is 35.8 Å². The second-order valence-corrected chi connectivity index (χ2v) is 11.2. The molecule has 5 nitrogen and oxygen atoms in total. The first-order chi connectivity index (χ1) is 13.7. The Morgan fingerprint density at radius 1 is 0.828 bits per heavy atom. The minimum absolute atomic E-state index is 0.0521. The number of sulfone groups is 1. The summed E-state index contributed by atoms with van der Waals surface area (Å²) in [6.07, 6.45) is 1.04. The summed E-state index contributed by atoms with van der Waals surface area (Å²) < 4.78 is 52.5. The molecule has 0 unspecified atom stereocenters. The van der Waals surface area contributed by atoms with Crippen molar-refractivity contribution in [2.75, 3.05) is 12.8 Å². The Bertz CT molecular complexity index is 1160. The van der Waals surface area contributed by atoms with Gasteiger partial charge in [0.25, 0.3) is 0 Å². The molecule has 3 aromatic carbocycles. The molecule has 0 amide bonds. The van der Waals surface area contributed by atoms with Crippen molar-refractivity contribution in [3.05, 3.63) is 94.5 Å². The summed E-state index contributed by atoms with van der Waals surface area (Å²) in [5.41, 5.74) is 1.95. The van der Waals surface area contributed by atoms with Crippen LogP contribution >= 0.6 is 15.9 Å². The van der Waals surface area contributed by atoms with Crippen LogP contribution in [0.5, 0.6) is 0 Å². The average Bonchev–Trinajstić information content (AvgIpc) is 2.69. The van der Waals surface area contributed by atoms with Crippen LogP contribution in [0.25, 0.3) is 0 Å². The van der Waals surface area contributed by atoms with E-state index in [2.05, 4.69) is 20.7 Å². The van der Waals surface area contributed by atoms with Crippen molar-refractivity contribution < 1.29 is 16.8 Å². The van der Waals surface area contributed by atoms with Gasteiger partial charge in [0.05, 0.1) is 9.79 Å². The number of halogens is 1. The number of sulfonamides is 1. The van der Waals surface area contributed by atoms with Crippen LogP contribution < -0.4 is 4.72 Å². The van der Waals surface area contributed by atoms with E-state index >= 15 is 0 Å². The highest BCUT2D eigenvalue weighted by molar-refractivity contribution is 9.10. The van der Waals surface area contributed by atoms with E-state index in [1.165, 1.54) is 18.2 Å². The Labute approximate surface area is 179 Å². The molecule has 0 bridgehead atoms. The number of nitrogens with one attached hydrogen (secondary N) is 1. The molecule has 29 heavy (non-hydrogen) atoms. The zero-order chi connectivity index (χ0) is 21.1. The van der Waals surface area contributed by atoms with E-state index in [0.717, 1.165) is 17.4 Å². The Morgan fingerprint density at radius 2 is 1.34 bits per heavy atom. The van der Waals surface area contributed by atoms with Gasteiger partial charge in [-0.1, -0.05) is 60.7 Å². The first-order valence-electron chi connectivity index (χ1n) is 8.77. The van der Waals surface area contributed by atoms with Crippen LogP contribution in [-0.2, 0) is 19.9 Å². The topological polar surface area (TPSA) is 80.3 Å². The molecule has 0 aromatic heterocycles. The smallest absolute Gasteiger partial charge is 0.224 e. The molecule has 0 heterocycles. The van der Waals surface area contributed by atoms with Crippen LogP contribution in [0, 0.1) is 0 Å². The maximum atomic E-state index is 13.0. The fourth-order valence-corrected chi connectivity index (χ4v) is 5.75. The summed E-state index contributed by atoms with van der Waals surface area (Å²) >= 11 is 3.22. The Kier molecular flexibility index (Phi) is 6.58. The fraction of sp³-hybridized carbons (Fsp3) is 0.143. The molecule has 0 aliphatic rings. The molecule has 0 saturated carbocycles. The molecule has 8 heteroatoms. The fourth-order valence-electron chi connectivity index (χ4n) is 2.99. The number of hydrogen-bond donors (Lipinski definition) is 1. The highest BCUT2D eigenvalue weighted by Crippen LogP contribution is 2.27. The molecular weight excluding hydrogens is 474 g/mol. The number of hydrogen-bond acceptors (Lipinski definition) is 4. The van der Waals surface area contributed by atoms with Crippen molar-refractivity contribution in [2.24, 2.45) is 0 Å². The normalized spacial score (nSPS) is 12.2. The van der Waals surface area contributed by atoms with Gasteiger partial charge in [-0.25, -0.2) is 21.6 Å². The third kappa shape index (κ3) is 5.33. The van der Waals surface area contributed by atoms with Gasteiger partial charge >= 0.3 is 0 Å². The summed E-state index contributed by atoms with van der Waals surface area (Å²) in [4.78, 5) is -0.163. The van der Waals surface area contributed by atoms with E-state index in [0.29, 0.717) is 4.47 Å². The molecule has 0 aliphatic heterocycles. The van der Waals surface area contributed by atoms with Gasteiger partial charge in [-0.15, -0.1) is 0 Å². The zero-order valence-corrected chi connectivity index (χ0v) is 18.8. The highest BCUT2D eigenvalue weighted by atomic mass is 79.9. The SMILES string of the molecule is CS(=O)(=O)c1ccc(Br)c(S(=O)(=O)NCC(c2ccccc2)c2ccccc2)c1. The van der Waals surface area contributed by atoms with Gasteiger partial charge in [-0.2, -0.15) is 0 Å². The minimum atomic E-state index is -3.95. The molecule has 3 aromatic rings. The maximum Gasteiger partial charge on any atom is 0.241 e. The lowest BCUT2D eigenvalue weighted by Crippen LogP contribution is -2.29. The molecule has 1 N–H and O–H groups in total. The van der Waals surface area contributed by atoms with Gasteiger partial charge in [0.2, 0.25) is 10.0 Å². The molecule has 0 saturated heterocycles. The molecular formula is C21H20BrNO4S2. The Balaban J connectivity index is 1.94. The predicted molar refractivity (Wildman–Crippen MR) is 117 cm³/mol. The summed E-state index contributed by atoms with van der Waals surface area (Å²) in [7, 11) is -7.48. The second kappa shape index (κ2) is 8.79. The molecule has 3 rings (SSSR count). The van der Waals surface area contributed by atoms with Crippen LogP contribution in [0.3, 0.4) is 0 Å². The van der Waals surface area contributed by atoms with Crippen LogP contribution in [0.1, 0.15) is 17.0 Å². The van der Waals surface area contributed by atoms with Gasteiger partial charge in [-0.05, 0) is 45.3 Å². The van der Waals surface area contributed by atoms with Gasteiger partial charge in [-0.3, -0.25) is 0 Å². The number of benzene rings is 3. The first-order valence-corrected chi connectivity index (χ1v) is 12.9. The summed E-state index contributed by atoms with van der Waals surface area (Å²) in [6, 6.07) is 23.2. The van der Waals surface area contributed by atoms with Crippen molar-refractivity contribution in [2.45, 2.75) is 15.7 Å². The quantitative estimate of drug-likeness (QED) is 0.539. The molecule has 0 aliphatic carbocycles. The largest absolute Gasteiger partial charge is 0.241 e. The van der Waals surface area contributed by atoms with E-state index in [-0.39, 0.29) is 22.3 Å². The lowest BCUT2D eigenvalue weighted by Gasteiger charge is -2.19. The summed E-state index contributed by atoms with van der Waals surface area (Å²) in [5, 5.41) is 0. The van der Waals surface area contributed by atoms with Crippen molar-refractivity contribution in [3.8, 4) is 0 Å². The van der Waals surface area contributed by atoms with Gasteiger partial charge in [0.15, 0.2) is 9.84 Å².